The van der Waals surface area contributed by atoms with Crippen molar-refractivity contribution in [2.45, 2.75) is 25.8 Å². The average Bonchev–Trinajstić information content (AvgIpc) is 2.68. The van der Waals surface area contributed by atoms with Gasteiger partial charge in [0.05, 0.1) is 16.8 Å². The fourth-order valence-corrected chi connectivity index (χ4v) is 3.60. The Labute approximate surface area is 153 Å². The highest BCUT2D eigenvalue weighted by Crippen LogP contribution is 2.21. The summed E-state index contributed by atoms with van der Waals surface area (Å²) in [5, 5.41) is 4.58. The molecule has 1 fully saturated rings. The maximum atomic E-state index is 13.0. The number of nitrogens with zero attached hydrogens (tertiary/aromatic N) is 2. The van der Waals surface area contributed by atoms with E-state index in [0.717, 1.165) is 53.8 Å². The second kappa shape index (κ2) is 7.16. The van der Waals surface area contributed by atoms with E-state index in [4.69, 9.17) is 0 Å². The van der Waals surface area contributed by atoms with E-state index in [9.17, 15) is 4.79 Å². The van der Waals surface area contributed by atoms with Gasteiger partial charge in [-0.15, -0.1) is 0 Å². The van der Waals surface area contributed by atoms with Gasteiger partial charge in [0, 0.05) is 30.2 Å². The molecule has 132 valence electrons. The first kappa shape index (κ1) is 16.6. The number of piperidine rings is 1. The lowest BCUT2D eigenvalue weighted by molar-refractivity contribution is 0.0717. The molecule has 0 bridgehead atoms. The minimum atomic E-state index is 0.0962. The zero-order valence-corrected chi connectivity index (χ0v) is 15.0. The Morgan fingerprint density at radius 2 is 1.73 bits per heavy atom. The van der Waals surface area contributed by atoms with Crippen LogP contribution in [-0.2, 0) is 0 Å². The molecule has 1 aliphatic rings. The SMILES string of the molecule is Cc1nc2ccccc2cc1C(=O)N1CCC(Nc2ccccc2)CC1. The molecule has 1 saturated heterocycles. The molecule has 4 nitrogen and oxygen atoms in total. The van der Waals surface area contributed by atoms with Gasteiger partial charge in [0.1, 0.15) is 0 Å². The maximum Gasteiger partial charge on any atom is 0.255 e. The molecule has 0 saturated carbocycles. The van der Waals surface area contributed by atoms with E-state index in [-0.39, 0.29) is 5.91 Å². The molecule has 2 aromatic carbocycles. The number of fused-ring (bicyclic) bond motifs is 1. The van der Waals surface area contributed by atoms with Crippen LogP contribution < -0.4 is 5.32 Å². The van der Waals surface area contributed by atoms with E-state index in [0.29, 0.717) is 6.04 Å². The Kier molecular flexibility index (Phi) is 4.57. The zero-order valence-electron chi connectivity index (χ0n) is 15.0. The molecule has 0 spiro atoms. The fourth-order valence-electron chi connectivity index (χ4n) is 3.60. The molecule has 1 amide bonds. The summed E-state index contributed by atoms with van der Waals surface area (Å²) < 4.78 is 0. The standard InChI is InChI=1S/C22H23N3O/c1-16-20(15-17-7-5-6-10-21(17)23-16)22(26)25-13-11-19(12-14-25)24-18-8-3-2-4-9-18/h2-10,15,19,24H,11-14H2,1H3. The largest absolute Gasteiger partial charge is 0.382 e. The van der Waals surface area contributed by atoms with Crippen LogP contribution in [0.4, 0.5) is 5.69 Å². The number of pyridine rings is 1. The zero-order chi connectivity index (χ0) is 17.9. The Morgan fingerprint density at radius 3 is 2.50 bits per heavy atom. The van der Waals surface area contributed by atoms with Crippen molar-refractivity contribution < 1.29 is 4.79 Å². The predicted octanol–water partition coefficient (Wildman–Crippen LogP) is 4.26. The summed E-state index contributed by atoms with van der Waals surface area (Å²) in [6, 6.07) is 20.6. The summed E-state index contributed by atoms with van der Waals surface area (Å²) in [6.07, 6.45) is 1.92. The van der Waals surface area contributed by atoms with Gasteiger partial charge in [0.2, 0.25) is 0 Å². The number of para-hydroxylation sites is 2. The van der Waals surface area contributed by atoms with Gasteiger partial charge in [-0.1, -0.05) is 36.4 Å². The van der Waals surface area contributed by atoms with E-state index in [1.54, 1.807) is 0 Å². The smallest absolute Gasteiger partial charge is 0.255 e. The quantitative estimate of drug-likeness (QED) is 0.771. The highest BCUT2D eigenvalue weighted by atomic mass is 16.2. The van der Waals surface area contributed by atoms with Crippen LogP contribution in [0.3, 0.4) is 0 Å². The minimum absolute atomic E-state index is 0.0962. The molecule has 4 rings (SSSR count). The summed E-state index contributed by atoms with van der Waals surface area (Å²) in [5.74, 6) is 0.0962. The number of hydrogen-bond donors (Lipinski definition) is 1. The van der Waals surface area contributed by atoms with Crippen molar-refractivity contribution in [2.75, 3.05) is 18.4 Å². The van der Waals surface area contributed by atoms with Gasteiger partial charge < -0.3 is 10.2 Å². The average molecular weight is 345 g/mol. The van der Waals surface area contributed by atoms with Gasteiger partial charge in [-0.2, -0.15) is 0 Å². The number of benzene rings is 2. The maximum absolute atomic E-state index is 13.0. The summed E-state index contributed by atoms with van der Waals surface area (Å²) in [7, 11) is 0. The van der Waals surface area contributed by atoms with E-state index >= 15 is 0 Å². The lowest BCUT2D eigenvalue weighted by Gasteiger charge is -2.33. The molecule has 0 radical (unpaired) electrons. The summed E-state index contributed by atoms with van der Waals surface area (Å²) in [6.45, 7) is 3.47. The first-order valence-corrected chi connectivity index (χ1v) is 9.18. The lowest BCUT2D eigenvalue weighted by Crippen LogP contribution is -2.42. The van der Waals surface area contributed by atoms with Crippen molar-refractivity contribution in [1.29, 1.82) is 0 Å². The Bertz CT molecular complexity index is 915. The van der Waals surface area contributed by atoms with Gasteiger partial charge in [0.25, 0.3) is 5.91 Å². The van der Waals surface area contributed by atoms with Crippen LogP contribution in [0.25, 0.3) is 10.9 Å². The molecule has 4 heteroatoms. The molecule has 3 aromatic rings. The van der Waals surface area contributed by atoms with Gasteiger partial charge in [-0.05, 0) is 44.0 Å². The number of amides is 1. The lowest BCUT2D eigenvalue weighted by atomic mass is 10.0. The molecular formula is C22H23N3O. The Morgan fingerprint density at radius 1 is 1.04 bits per heavy atom. The molecule has 0 aliphatic carbocycles. The summed E-state index contributed by atoms with van der Waals surface area (Å²) in [4.78, 5) is 19.6. The number of carbonyl (C=O) groups is 1. The number of carbonyl (C=O) groups excluding carboxylic acids is 1. The molecule has 0 unspecified atom stereocenters. The first-order valence-electron chi connectivity index (χ1n) is 9.18. The molecule has 0 atom stereocenters. The molecule has 2 heterocycles. The van der Waals surface area contributed by atoms with Gasteiger partial charge in [-0.25, -0.2) is 0 Å². The van der Waals surface area contributed by atoms with Crippen molar-refractivity contribution in [3.05, 3.63) is 71.9 Å². The number of aryl methyl sites for hydroxylation is 1. The number of hydrogen-bond acceptors (Lipinski definition) is 3. The minimum Gasteiger partial charge on any atom is -0.382 e. The molecule has 26 heavy (non-hydrogen) atoms. The Hall–Kier alpha value is -2.88. The van der Waals surface area contributed by atoms with Gasteiger partial charge in [-0.3, -0.25) is 9.78 Å². The molecule has 1 aliphatic heterocycles. The van der Waals surface area contributed by atoms with Crippen LogP contribution in [-0.4, -0.2) is 34.9 Å². The fraction of sp³-hybridized carbons (Fsp3) is 0.273. The van der Waals surface area contributed by atoms with Crippen molar-refractivity contribution in [2.24, 2.45) is 0 Å². The van der Waals surface area contributed by atoms with Gasteiger partial charge in [0.15, 0.2) is 0 Å². The topological polar surface area (TPSA) is 45.2 Å². The number of nitrogens with one attached hydrogen (secondary N) is 1. The van der Waals surface area contributed by atoms with E-state index in [2.05, 4.69) is 22.4 Å². The number of anilines is 1. The van der Waals surface area contributed by atoms with Crippen LogP contribution in [0.15, 0.2) is 60.7 Å². The second-order valence-electron chi connectivity index (χ2n) is 6.89. The van der Waals surface area contributed by atoms with Crippen LogP contribution in [0.5, 0.6) is 0 Å². The summed E-state index contributed by atoms with van der Waals surface area (Å²) >= 11 is 0. The monoisotopic (exact) mass is 345 g/mol. The highest BCUT2D eigenvalue weighted by Gasteiger charge is 2.25. The number of likely N-dealkylation sites (tertiary alicyclic amines) is 1. The van der Waals surface area contributed by atoms with Crippen LogP contribution in [0, 0.1) is 6.92 Å². The third-order valence-corrected chi connectivity index (χ3v) is 5.07. The third kappa shape index (κ3) is 3.40. The molecule has 1 N–H and O–H groups in total. The predicted molar refractivity (Wildman–Crippen MR) is 105 cm³/mol. The van der Waals surface area contributed by atoms with Crippen molar-refractivity contribution in [1.82, 2.24) is 9.88 Å². The molecule has 1 aromatic heterocycles. The van der Waals surface area contributed by atoms with E-state index in [1.165, 1.54) is 0 Å². The number of aromatic nitrogens is 1. The van der Waals surface area contributed by atoms with Crippen LogP contribution in [0.1, 0.15) is 28.9 Å². The normalized spacial score (nSPS) is 15.2. The third-order valence-electron chi connectivity index (χ3n) is 5.07. The van der Waals surface area contributed by atoms with Crippen LogP contribution >= 0.6 is 0 Å². The Balaban J connectivity index is 1.44. The highest BCUT2D eigenvalue weighted by molar-refractivity contribution is 5.98. The van der Waals surface area contributed by atoms with Gasteiger partial charge >= 0.3 is 0 Å². The van der Waals surface area contributed by atoms with Crippen molar-refractivity contribution in [3.8, 4) is 0 Å². The summed E-state index contributed by atoms with van der Waals surface area (Å²) in [5.41, 5.74) is 3.61. The van der Waals surface area contributed by atoms with E-state index in [1.807, 2.05) is 60.4 Å². The van der Waals surface area contributed by atoms with E-state index < -0.39 is 0 Å². The second-order valence-corrected chi connectivity index (χ2v) is 6.89. The van der Waals surface area contributed by atoms with Crippen LogP contribution in [0.2, 0.25) is 0 Å². The molecular weight excluding hydrogens is 322 g/mol. The van der Waals surface area contributed by atoms with Crippen molar-refractivity contribution >= 4 is 22.5 Å². The van der Waals surface area contributed by atoms with Crippen molar-refractivity contribution in [3.63, 3.8) is 0 Å². The first-order chi connectivity index (χ1) is 12.7. The number of rotatable bonds is 3.